The molecule has 0 bridgehead atoms. The number of benzene rings is 1. The number of rotatable bonds is 2. The molecule has 1 aliphatic heterocycles. The summed E-state index contributed by atoms with van der Waals surface area (Å²) < 4.78 is 46.5. The third kappa shape index (κ3) is 4.89. The van der Waals surface area contributed by atoms with Crippen molar-refractivity contribution in [1.29, 1.82) is 0 Å². The second-order valence-electron chi connectivity index (χ2n) is 9.20. The monoisotopic (exact) mass is 462 g/mol. The van der Waals surface area contributed by atoms with Crippen LogP contribution in [0.5, 0.6) is 0 Å². The highest BCUT2D eigenvalue weighted by Crippen LogP contribution is 2.34. The van der Waals surface area contributed by atoms with Gasteiger partial charge in [-0.15, -0.1) is 0 Å². The maximum Gasteiger partial charge on any atom is 0.416 e. The number of alkyl halides is 3. The molecule has 176 valence electrons. The highest BCUT2D eigenvalue weighted by atomic mass is 19.4. The summed E-state index contributed by atoms with van der Waals surface area (Å²) >= 11 is 0. The summed E-state index contributed by atoms with van der Waals surface area (Å²) in [6, 6.07) is 6.39. The second kappa shape index (κ2) is 8.24. The Kier molecular flexibility index (Phi) is 5.71. The van der Waals surface area contributed by atoms with Crippen molar-refractivity contribution in [3.05, 3.63) is 58.1 Å². The van der Waals surface area contributed by atoms with Crippen LogP contribution in [-0.2, 0) is 10.9 Å². The highest BCUT2D eigenvalue weighted by molar-refractivity contribution is 5.77. The Morgan fingerprint density at radius 3 is 2.48 bits per heavy atom. The zero-order valence-electron chi connectivity index (χ0n) is 18.6. The molecule has 1 N–H and O–H groups in total. The zero-order chi connectivity index (χ0) is 24.0. The van der Waals surface area contributed by atoms with Crippen LogP contribution >= 0.6 is 0 Å². The van der Waals surface area contributed by atoms with Gasteiger partial charge >= 0.3 is 12.3 Å². The molecule has 0 aliphatic carbocycles. The predicted octanol–water partition coefficient (Wildman–Crippen LogP) is 4.82. The van der Waals surface area contributed by atoms with Crippen LogP contribution in [0, 0.1) is 0 Å². The highest BCUT2D eigenvalue weighted by Gasteiger charge is 2.31. The minimum absolute atomic E-state index is 0.0391. The van der Waals surface area contributed by atoms with E-state index in [0.29, 0.717) is 48.4 Å². The van der Waals surface area contributed by atoms with Crippen LogP contribution in [0.2, 0.25) is 0 Å². The Hall–Kier alpha value is -3.30. The Bertz CT molecular complexity index is 1230. The fraction of sp³-hybridized carbons (Fsp3) is 0.435. The zero-order valence-corrected chi connectivity index (χ0v) is 18.6. The van der Waals surface area contributed by atoms with Crippen molar-refractivity contribution in [3.8, 4) is 11.1 Å². The first kappa shape index (κ1) is 22.9. The summed E-state index contributed by atoms with van der Waals surface area (Å²) in [7, 11) is 0. The van der Waals surface area contributed by atoms with E-state index in [-0.39, 0.29) is 17.6 Å². The Morgan fingerprint density at radius 1 is 1.15 bits per heavy atom. The van der Waals surface area contributed by atoms with Crippen LogP contribution in [0.25, 0.3) is 16.8 Å². The molecule has 4 rings (SSSR count). The topological polar surface area (TPSA) is 79.7 Å². The van der Waals surface area contributed by atoms with E-state index in [4.69, 9.17) is 4.74 Å². The number of carbonyl (C=O) groups is 1. The van der Waals surface area contributed by atoms with Crippen molar-refractivity contribution in [2.45, 2.75) is 51.3 Å². The number of carbonyl (C=O) groups excluding carboxylic acids is 1. The van der Waals surface area contributed by atoms with Gasteiger partial charge in [-0.05, 0) is 51.3 Å². The summed E-state index contributed by atoms with van der Waals surface area (Å²) in [5.74, 6) is -0.0391. The number of likely N-dealkylation sites (tertiary alicyclic amines) is 1. The largest absolute Gasteiger partial charge is 0.444 e. The van der Waals surface area contributed by atoms with E-state index in [0.717, 1.165) is 12.1 Å². The molecule has 0 saturated carbocycles. The van der Waals surface area contributed by atoms with E-state index in [1.54, 1.807) is 15.5 Å². The number of ether oxygens (including phenoxy) is 1. The van der Waals surface area contributed by atoms with E-state index in [2.05, 4.69) is 10.1 Å². The average Bonchev–Trinajstić information content (AvgIpc) is 3.15. The van der Waals surface area contributed by atoms with Crippen molar-refractivity contribution < 1.29 is 22.7 Å². The Balaban J connectivity index is 1.62. The molecular weight excluding hydrogens is 437 g/mol. The lowest BCUT2D eigenvalue weighted by Gasteiger charge is -2.33. The van der Waals surface area contributed by atoms with Crippen LogP contribution in [0.1, 0.15) is 50.8 Å². The molecule has 0 unspecified atom stereocenters. The fourth-order valence-electron chi connectivity index (χ4n) is 4.06. The van der Waals surface area contributed by atoms with Gasteiger partial charge in [0.2, 0.25) is 0 Å². The molecule has 1 aliphatic rings. The van der Waals surface area contributed by atoms with Gasteiger partial charge in [-0.2, -0.15) is 18.3 Å². The summed E-state index contributed by atoms with van der Waals surface area (Å²) in [5, 5.41) is 4.37. The van der Waals surface area contributed by atoms with Crippen molar-refractivity contribution in [2.24, 2.45) is 0 Å². The number of piperidine rings is 1. The van der Waals surface area contributed by atoms with Crippen LogP contribution in [0.3, 0.4) is 0 Å². The number of nitrogens with zero attached hydrogens (tertiary/aromatic N) is 3. The molecule has 7 nitrogen and oxygen atoms in total. The summed E-state index contributed by atoms with van der Waals surface area (Å²) in [4.78, 5) is 29.1. The minimum Gasteiger partial charge on any atom is -0.444 e. The Morgan fingerprint density at radius 2 is 1.85 bits per heavy atom. The fourth-order valence-corrected chi connectivity index (χ4v) is 4.06. The van der Waals surface area contributed by atoms with Crippen molar-refractivity contribution in [2.75, 3.05) is 13.1 Å². The number of aromatic nitrogens is 3. The smallest absolute Gasteiger partial charge is 0.416 e. The number of aromatic amines is 1. The number of halogens is 3. The van der Waals surface area contributed by atoms with Gasteiger partial charge < -0.3 is 14.6 Å². The van der Waals surface area contributed by atoms with Crippen molar-refractivity contribution in [1.82, 2.24) is 19.5 Å². The van der Waals surface area contributed by atoms with E-state index < -0.39 is 17.3 Å². The molecule has 3 aromatic rings. The Labute approximate surface area is 188 Å². The number of fused-ring (bicyclic) bond motifs is 1. The summed E-state index contributed by atoms with van der Waals surface area (Å²) in [6.07, 6.45) is -2.17. The van der Waals surface area contributed by atoms with Crippen molar-refractivity contribution >= 4 is 11.7 Å². The van der Waals surface area contributed by atoms with E-state index in [1.807, 2.05) is 20.8 Å². The summed E-state index contributed by atoms with van der Waals surface area (Å²) in [6.45, 7) is 6.37. The van der Waals surface area contributed by atoms with Crippen LogP contribution in [-0.4, -0.2) is 44.3 Å². The average molecular weight is 462 g/mol. The lowest BCUT2D eigenvalue weighted by atomic mass is 9.93. The number of hydrogen-bond acceptors (Lipinski definition) is 4. The number of nitrogens with one attached hydrogen (secondary N) is 1. The first-order valence-electron chi connectivity index (χ1n) is 10.7. The lowest BCUT2D eigenvalue weighted by molar-refractivity contribution is -0.137. The van der Waals surface area contributed by atoms with E-state index in [1.165, 1.54) is 18.3 Å². The third-order valence-electron chi connectivity index (χ3n) is 5.60. The molecule has 1 fully saturated rings. The third-order valence-corrected chi connectivity index (χ3v) is 5.60. The van der Waals surface area contributed by atoms with Crippen LogP contribution in [0.15, 0.2) is 41.3 Å². The van der Waals surface area contributed by atoms with Crippen LogP contribution < -0.4 is 5.56 Å². The summed E-state index contributed by atoms with van der Waals surface area (Å²) in [5.41, 5.74) is 0.0100. The predicted molar refractivity (Wildman–Crippen MR) is 116 cm³/mol. The molecule has 0 spiro atoms. The second-order valence-corrected chi connectivity index (χ2v) is 9.20. The molecule has 2 aromatic heterocycles. The first-order valence-corrected chi connectivity index (χ1v) is 10.7. The van der Waals surface area contributed by atoms with E-state index >= 15 is 0 Å². The molecule has 3 heterocycles. The standard InChI is InChI=1S/C23H25F3N4O3/c1-22(2,3)33-21(32)29-9-7-14(8-10-29)18-12-19(31)28-20-17(13-27-30(18)20)15-5-4-6-16(11-15)23(24,25)26/h4-6,11-14H,7-10H2,1-3H3,(H,28,31). The maximum absolute atomic E-state index is 13.2. The molecule has 1 aromatic carbocycles. The minimum atomic E-state index is -4.47. The van der Waals surface area contributed by atoms with Gasteiger partial charge in [-0.1, -0.05) is 12.1 Å². The van der Waals surface area contributed by atoms with Gasteiger partial charge in [0, 0.05) is 30.6 Å². The number of H-pyrrole nitrogens is 1. The van der Waals surface area contributed by atoms with Gasteiger partial charge in [0.15, 0.2) is 0 Å². The number of amides is 1. The maximum atomic E-state index is 13.2. The first-order chi connectivity index (χ1) is 15.4. The molecule has 1 saturated heterocycles. The van der Waals surface area contributed by atoms with Gasteiger partial charge in [-0.3, -0.25) is 4.79 Å². The molecule has 0 atom stereocenters. The van der Waals surface area contributed by atoms with E-state index in [9.17, 15) is 22.8 Å². The van der Waals surface area contributed by atoms with Gasteiger partial charge in [-0.25, -0.2) is 9.31 Å². The molecule has 1 amide bonds. The normalized spacial score (nSPS) is 15.8. The van der Waals surface area contributed by atoms with Crippen LogP contribution in [0.4, 0.5) is 18.0 Å². The number of hydrogen-bond donors (Lipinski definition) is 1. The van der Waals surface area contributed by atoms with Gasteiger partial charge in [0.1, 0.15) is 11.2 Å². The SMILES string of the molecule is CC(C)(C)OC(=O)N1CCC(c2cc(=O)[nH]c3c(-c4cccc(C(F)(F)F)c4)cnn23)CC1. The molecule has 10 heteroatoms. The molecular formula is C23H25F3N4O3. The lowest BCUT2D eigenvalue weighted by Crippen LogP contribution is -2.41. The van der Waals surface area contributed by atoms with Gasteiger partial charge in [0.05, 0.1) is 17.5 Å². The molecule has 33 heavy (non-hydrogen) atoms. The quantitative estimate of drug-likeness (QED) is 0.592. The van der Waals surface area contributed by atoms with Gasteiger partial charge in [0.25, 0.3) is 5.56 Å². The van der Waals surface area contributed by atoms with Crippen molar-refractivity contribution in [3.63, 3.8) is 0 Å². The molecule has 0 radical (unpaired) electrons.